The number of nitriles is 1. The number of fused-ring (bicyclic) bond motifs is 1. The third-order valence-electron chi connectivity index (χ3n) is 6.27. The van der Waals surface area contributed by atoms with Gasteiger partial charge in [-0.05, 0) is 67.4 Å². The maximum absolute atomic E-state index is 9.39. The number of pyridine rings is 1. The summed E-state index contributed by atoms with van der Waals surface area (Å²) in [6.45, 7) is 4.63. The second-order valence-corrected chi connectivity index (χ2v) is 9.11. The number of aliphatic hydroxyl groups excluding tert-OH is 1. The summed E-state index contributed by atoms with van der Waals surface area (Å²) in [6, 6.07) is 5.29. The van der Waals surface area contributed by atoms with Crippen LogP contribution >= 0.6 is 15.9 Å². The van der Waals surface area contributed by atoms with E-state index in [-0.39, 0.29) is 6.61 Å². The van der Waals surface area contributed by atoms with Gasteiger partial charge in [0.2, 0.25) is 5.76 Å². The van der Waals surface area contributed by atoms with Crippen molar-refractivity contribution in [2.24, 2.45) is 5.92 Å². The number of halogens is 1. The zero-order valence-electron chi connectivity index (χ0n) is 17.5. The molecular weight excluding hydrogens is 432 g/mol. The number of hydrogen-bond donors (Lipinski definition) is 2. The lowest BCUT2D eigenvalue weighted by molar-refractivity contribution is 0.103. The van der Waals surface area contributed by atoms with E-state index in [1.807, 2.05) is 6.07 Å². The Morgan fingerprint density at radius 2 is 2.14 bits per heavy atom. The van der Waals surface area contributed by atoms with Crippen molar-refractivity contribution in [3.63, 3.8) is 0 Å². The molecular formula is C22H31BrN4O2. The maximum Gasteiger partial charge on any atom is 0.204 e. The molecule has 1 aliphatic carbocycles. The van der Waals surface area contributed by atoms with Crippen molar-refractivity contribution in [3.05, 3.63) is 22.5 Å². The minimum absolute atomic E-state index is 0.264. The van der Waals surface area contributed by atoms with E-state index in [0.29, 0.717) is 35.4 Å². The lowest BCUT2D eigenvalue weighted by atomic mass is 9.88. The molecule has 0 radical (unpaired) electrons. The van der Waals surface area contributed by atoms with Gasteiger partial charge >= 0.3 is 0 Å². The molecule has 2 atom stereocenters. The normalized spacial score (nSPS) is 21.8. The highest BCUT2D eigenvalue weighted by molar-refractivity contribution is 9.10. The topological polar surface area (TPSA) is 85.3 Å². The Bertz CT molecular complexity index is 854. The maximum atomic E-state index is 9.39. The molecule has 2 aromatic rings. The van der Waals surface area contributed by atoms with Gasteiger partial charge < -0.3 is 19.7 Å². The molecule has 2 N–H and O–H groups in total. The second-order valence-electron chi connectivity index (χ2n) is 8.32. The number of aromatic nitrogens is 1. The molecule has 6 nitrogen and oxygen atoms in total. The molecule has 0 aliphatic heterocycles. The van der Waals surface area contributed by atoms with E-state index >= 15 is 0 Å². The Balaban J connectivity index is 1.59. The summed E-state index contributed by atoms with van der Waals surface area (Å²) in [5.74, 6) is 1.45. The van der Waals surface area contributed by atoms with Gasteiger partial charge in [-0.3, -0.25) is 0 Å². The predicted molar refractivity (Wildman–Crippen MR) is 119 cm³/mol. The van der Waals surface area contributed by atoms with Gasteiger partial charge in [0.05, 0.1) is 10.7 Å². The van der Waals surface area contributed by atoms with Crippen LogP contribution in [0, 0.1) is 17.2 Å². The molecule has 29 heavy (non-hydrogen) atoms. The van der Waals surface area contributed by atoms with Gasteiger partial charge in [-0.25, -0.2) is 4.98 Å². The van der Waals surface area contributed by atoms with E-state index in [2.05, 4.69) is 52.0 Å². The number of hydrogen-bond acceptors (Lipinski definition) is 6. The summed E-state index contributed by atoms with van der Waals surface area (Å²) in [5.41, 5.74) is 0.618. The van der Waals surface area contributed by atoms with Gasteiger partial charge in [-0.1, -0.05) is 13.8 Å². The number of furan rings is 1. The van der Waals surface area contributed by atoms with Gasteiger partial charge in [0, 0.05) is 36.2 Å². The summed E-state index contributed by atoms with van der Waals surface area (Å²) >= 11 is 3.62. The number of anilines is 1. The number of nitrogens with zero attached hydrogens (tertiary/aromatic N) is 3. The Labute approximate surface area is 181 Å². The van der Waals surface area contributed by atoms with E-state index in [9.17, 15) is 5.11 Å². The summed E-state index contributed by atoms with van der Waals surface area (Å²) in [7, 11) is 2.24. The highest BCUT2D eigenvalue weighted by Crippen LogP contribution is 2.34. The van der Waals surface area contributed by atoms with Gasteiger partial charge in [0.1, 0.15) is 11.9 Å². The average Bonchev–Trinajstić information content (AvgIpc) is 3.18. The molecule has 0 saturated heterocycles. The molecule has 7 heteroatoms. The minimum Gasteiger partial charge on any atom is -0.444 e. The molecule has 1 fully saturated rings. The van der Waals surface area contributed by atoms with Crippen molar-refractivity contribution in [3.8, 4) is 6.07 Å². The van der Waals surface area contributed by atoms with E-state index in [1.54, 1.807) is 12.3 Å². The molecule has 2 aromatic heterocycles. The summed E-state index contributed by atoms with van der Waals surface area (Å²) in [6.07, 6.45) is 8.35. The van der Waals surface area contributed by atoms with Crippen LogP contribution in [0.4, 0.5) is 5.82 Å². The molecule has 3 rings (SSSR count). The smallest absolute Gasteiger partial charge is 0.204 e. The lowest BCUT2D eigenvalue weighted by Gasteiger charge is -2.40. The first-order valence-corrected chi connectivity index (χ1v) is 11.3. The molecule has 158 valence electrons. The van der Waals surface area contributed by atoms with E-state index < -0.39 is 0 Å². The van der Waals surface area contributed by atoms with Crippen LogP contribution < -0.4 is 5.32 Å². The SMILES string of the molecule is CC[C@H](C[C@@H](C)CO)N(C)C1CCC(Nc2ncc3oc(C#N)cc3c2Br)CC1. The van der Waals surface area contributed by atoms with Crippen LogP contribution in [0.5, 0.6) is 0 Å². The Morgan fingerprint density at radius 3 is 2.76 bits per heavy atom. The first-order chi connectivity index (χ1) is 14.0. The number of nitrogens with one attached hydrogen (secondary N) is 1. The molecule has 1 saturated carbocycles. The van der Waals surface area contributed by atoms with Crippen molar-refractivity contribution in [1.29, 1.82) is 5.26 Å². The molecule has 0 spiro atoms. The molecule has 1 aliphatic rings. The zero-order chi connectivity index (χ0) is 21.0. The molecule has 0 amide bonds. The monoisotopic (exact) mass is 462 g/mol. The second kappa shape index (κ2) is 9.92. The van der Waals surface area contributed by atoms with Crippen LogP contribution in [-0.4, -0.2) is 46.8 Å². The lowest BCUT2D eigenvalue weighted by Crippen LogP contribution is -2.44. The van der Waals surface area contributed by atoms with E-state index in [0.717, 1.165) is 54.2 Å². The zero-order valence-corrected chi connectivity index (χ0v) is 19.1. The average molecular weight is 463 g/mol. The van der Waals surface area contributed by atoms with Gasteiger partial charge in [-0.15, -0.1) is 0 Å². The van der Waals surface area contributed by atoms with Crippen molar-refractivity contribution in [2.75, 3.05) is 19.0 Å². The van der Waals surface area contributed by atoms with Gasteiger partial charge in [-0.2, -0.15) is 5.26 Å². The van der Waals surface area contributed by atoms with Gasteiger partial charge in [0.25, 0.3) is 0 Å². The summed E-state index contributed by atoms with van der Waals surface area (Å²) in [5, 5.41) is 22.9. The van der Waals surface area contributed by atoms with Crippen LogP contribution in [0.15, 0.2) is 21.2 Å². The van der Waals surface area contributed by atoms with Crippen LogP contribution in [-0.2, 0) is 0 Å². The van der Waals surface area contributed by atoms with Gasteiger partial charge in [0.15, 0.2) is 5.58 Å². The highest BCUT2D eigenvalue weighted by atomic mass is 79.9. The van der Waals surface area contributed by atoms with Crippen LogP contribution in [0.3, 0.4) is 0 Å². The number of aliphatic hydroxyl groups is 1. The van der Waals surface area contributed by atoms with E-state index in [1.165, 1.54) is 0 Å². The van der Waals surface area contributed by atoms with Crippen LogP contribution in [0.1, 0.15) is 58.1 Å². The molecule has 0 bridgehead atoms. The summed E-state index contributed by atoms with van der Waals surface area (Å²) in [4.78, 5) is 7.03. The standard InChI is InChI=1S/C22H31BrN4O2/c1-4-16(9-14(2)13-28)27(3)17-7-5-15(6-8-17)26-22-21(23)19-10-18(11-24)29-20(19)12-25-22/h10,12,14-17,28H,4-9,13H2,1-3H3,(H,25,26)/t14-,15?,16-,17?/m1/s1. The number of rotatable bonds is 8. The highest BCUT2D eigenvalue weighted by Gasteiger charge is 2.28. The molecule has 0 unspecified atom stereocenters. The fourth-order valence-electron chi connectivity index (χ4n) is 4.41. The third-order valence-corrected chi connectivity index (χ3v) is 7.08. The fourth-order valence-corrected chi connectivity index (χ4v) is 4.94. The van der Waals surface area contributed by atoms with E-state index in [4.69, 9.17) is 9.68 Å². The first kappa shape index (κ1) is 22.1. The van der Waals surface area contributed by atoms with Crippen LogP contribution in [0.25, 0.3) is 11.0 Å². The molecule has 0 aromatic carbocycles. The quantitative estimate of drug-likeness (QED) is 0.579. The Kier molecular flexibility index (Phi) is 7.55. The molecule has 2 heterocycles. The minimum atomic E-state index is 0.264. The Morgan fingerprint density at radius 1 is 1.41 bits per heavy atom. The Hall–Kier alpha value is -1.62. The third kappa shape index (κ3) is 5.11. The van der Waals surface area contributed by atoms with Crippen molar-refractivity contribution in [1.82, 2.24) is 9.88 Å². The first-order valence-electron chi connectivity index (χ1n) is 10.5. The van der Waals surface area contributed by atoms with Crippen LogP contribution in [0.2, 0.25) is 0 Å². The largest absolute Gasteiger partial charge is 0.444 e. The van der Waals surface area contributed by atoms with Crippen molar-refractivity contribution in [2.45, 2.75) is 70.5 Å². The van der Waals surface area contributed by atoms with Crippen molar-refractivity contribution >= 4 is 32.7 Å². The van der Waals surface area contributed by atoms with Crippen molar-refractivity contribution < 1.29 is 9.52 Å². The predicted octanol–water partition coefficient (Wildman–Crippen LogP) is 4.91. The fraction of sp³-hybridized carbons (Fsp3) is 0.636. The summed E-state index contributed by atoms with van der Waals surface area (Å²) < 4.78 is 6.30.